The molecule has 1 aliphatic rings. The first-order valence-corrected chi connectivity index (χ1v) is 9.28. The number of para-hydroxylation sites is 1. The zero-order valence-corrected chi connectivity index (χ0v) is 16.0. The highest BCUT2D eigenvalue weighted by molar-refractivity contribution is 6.13. The van der Waals surface area contributed by atoms with E-state index in [1.807, 2.05) is 48.5 Å². The minimum atomic E-state index is -0.948. The first-order valence-electron chi connectivity index (χ1n) is 9.28. The highest BCUT2D eigenvalue weighted by atomic mass is 16.5. The van der Waals surface area contributed by atoms with Crippen LogP contribution in [0.15, 0.2) is 48.5 Å². The van der Waals surface area contributed by atoms with Gasteiger partial charge in [-0.2, -0.15) is 0 Å². The second kappa shape index (κ2) is 7.82. The van der Waals surface area contributed by atoms with Crippen LogP contribution in [-0.2, 0) is 16.1 Å². The van der Waals surface area contributed by atoms with Crippen molar-refractivity contribution >= 4 is 17.5 Å². The van der Waals surface area contributed by atoms with Crippen molar-refractivity contribution in [2.45, 2.75) is 39.2 Å². The average molecular weight is 366 g/mol. The van der Waals surface area contributed by atoms with Crippen molar-refractivity contribution in [3.63, 3.8) is 0 Å². The molecule has 0 spiro atoms. The lowest BCUT2D eigenvalue weighted by atomic mass is 9.99. The van der Waals surface area contributed by atoms with Gasteiger partial charge in [0, 0.05) is 12.2 Å². The van der Waals surface area contributed by atoms with E-state index >= 15 is 0 Å². The van der Waals surface area contributed by atoms with Gasteiger partial charge in [-0.3, -0.25) is 9.59 Å². The van der Waals surface area contributed by atoms with Crippen LogP contribution in [-0.4, -0.2) is 18.9 Å². The summed E-state index contributed by atoms with van der Waals surface area (Å²) in [6, 6.07) is 15.2. The number of anilines is 1. The minimum Gasteiger partial charge on any atom is -0.497 e. The molecule has 1 fully saturated rings. The molecular weight excluding hydrogens is 340 g/mol. The van der Waals surface area contributed by atoms with E-state index in [9.17, 15) is 9.59 Å². The highest BCUT2D eigenvalue weighted by Gasteiger charge is 2.56. The number of carbonyl (C=O) groups is 2. The number of hydrogen-bond donors (Lipinski definition) is 2. The van der Waals surface area contributed by atoms with Crippen LogP contribution >= 0.6 is 0 Å². The summed E-state index contributed by atoms with van der Waals surface area (Å²) in [6.07, 6.45) is 1.16. The van der Waals surface area contributed by atoms with Gasteiger partial charge in [-0.1, -0.05) is 44.2 Å². The molecule has 5 heteroatoms. The minimum absolute atomic E-state index is 0.210. The van der Waals surface area contributed by atoms with Gasteiger partial charge in [0.1, 0.15) is 11.2 Å². The number of rotatable bonds is 7. The fraction of sp³-hybridized carbons (Fsp3) is 0.364. The molecule has 0 bridgehead atoms. The van der Waals surface area contributed by atoms with Crippen molar-refractivity contribution < 1.29 is 14.3 Å². The van der Waals surface area contributed by atoms with E-state index < -0.39 is 5.41 Å². The molecule has 27 heavy (non-hydrogen) atoms. The molecule has 3 rings (SSSR count). The topological polar surface area (TPSA) is 67.4 Å². The van der Waals surface area contributed by atoms with Crippen LogP contribution in [0.5, 0.6) is 5.75 Å². The number of carbonyl (C=O) groups excluding carboxylic acids is 2. The van der Waals surface area contributed by atoms with E-state index in [0.29, 0.717) is 25.3 Å². The van der Waals surface area contributed by atoms with E-state index in [4.69, 9.17) is 4.74 Å². The number of ether oxygens (including phenoxy) is 1. The predicted octanol–water partition coefficient (Wildman–Crippen LogP) is 3.85. The van der Waals surface area contributed by atoms with Crippen LogP contribution in [0.4, 0.5) is 5.69 Å². The van der Waals surface area contributed by atoms with E-state index in [1.165, 1.54) is 0 Å². The maximum Gasteiger partial charge on any atom is 0.240 e. The lowest BCUT2D eigenvalue weighted by Gasteiger charge is -2.18. The van der Waals surface area contributed by atoms with Crippen LogP contribution in [0.2, 0.25) is 0 Å². The molecule has 0 saturated heterocycles. The van der Waals surface area contributed by atoms with Gasteiger partial charge in [0.15, 0.2) is 0 Å². The molecule has 2 aromatic carbocycles. The maximum atomic E-state index is 12.8. The molecule has 0 aromatic heterocycles. The van der Waals surface area contributed by atoms with Crippen LogP contribution in [0, 0.1) is 5.41 Å². The number of benzene rings is 2. The predicted molar refractivity (Wildman–Crippen MR) is 106 cm³/mol. The Balaban J connectivity index is 1.63. The van der Waals surface area contributed by atoms with Gasteiger partial charge in [-0.05, 0) is 48.1 Å². The van der Waals surface area contributed by atoms with E-state index in [0.717, 1.165) is 22.6 Å². The Labute approximate surface area is 160 Å². The number of hydrogen-bond acceptors (Lipinski definition) is 3. The molecule has 0 unspecified atom stereocenters. The van der Waals surface area contributed by atoms with Gasteiger partial charge in [0.25, 0.3) is 0 Å². The van der Waals surface area contributed by atoms with Gasteiger partial charge < -0.3 is 15.4 Å². The lowest BCUT2D eigenvalue weighted by molar-refractivity contribution is -0.134. The van der Waals surface area contributed by atoms with Gasteiger partial charge in [0.2, 0.25) is 11.8 Å². The zero-order valence-electron chi connectivity index (χ0n) is 16.0. The number of methoxy groups -OCH3 is 1. The summed E-state index contributed by atoms with van der Waals surface area (Å²) >= 11 is 0. The third kappa shape index (κ3) is 4.13. The van der Waals surface area contributed by atoms with Gasteiger partial charge in [-0.25, -0.2) is 0 Å². The quantitative estimate of drug-likeness (QED) is 0.732. The monoisotopic (exact) mass is 366 g/mol. The molecule has 1 saturated carbocycles. The van der Waals surface area contributed by atoms with Crippen LogP contribution < -0.4 is 15.4 Å². The largest absolute Gasteiger partial charge is 0.497 e. The smallest absolute Gasteiger partial charge is 0.240 e. The molecule has 5 nitrogen and oxygen atoms in total. The fourth-order valence-corrected chi connectivity index (χ4v) is 3.13. The third-order valence-electron chi connectivity index (χ3n) is 5.06. The van der Waals surface area contributed by atoms with E-state index in [2.05, 4.69) is 24.5 Å². The zero-order chi connectivity index (χ0) is 19.4. The molecule has 2 aromatic rings. The fourth-order valence-electron chi connectivity index (χ4n) is 3.13. The second-order valence-corrected chi connectivity index (χ2v) is 7.31. The van der Waals surface area contributed by atoms with Gasteiger partial charge in [0.05, 0.1) is 7.11 Å². The summed E-state index contributed by atoms with van der Waals surface area (Å²) in [4.78, 5) is 25.5. The summed E-state index contributed by atoms with van der Waals surface area (Å²) < 4.78 is 5.13. The summed E-state index contributed by atoms with van der Waals surface area (Å²) in [6.45, 7) is 4.55. The summed E-state index contributed by atoms with van der Waals surface area (Å²) in [7, 11) is 1.61. The number of amides is 2. The van der Waals surface area contributed by atoms with Crippen LogP contribution in [0.1, 0.15) is 43.7 Å². The standard InChI is InChI=1S/C22H26N2O3/c1-15(2)18-6-4-5-7-19(18)24-21(26)22(12-13-22)20(25)23-14-16-8-10-17(27-3)11-9-16/h4-11,15H,12-14H2,1-3H3,(H,23,25)(H,24,26). The van der Waals surface area contributed by atoms with E-state index in [-0.39, 0.29) is 11.8 Å². The molecule has 0 aliphatic heterocycles. The van der Waals surface area contributed by atoms with Crippen LogP contribution in [0.3, 0.4) is 0 Å². The Kier molecular flexibility index (Phi) is 5.49. The summed E-state index contributed by atoms with van der Waals surface area (Å²) in [5.74, 6) is 0.633. The van der Waals surface area contributed by atoms with Crippen LogP contribution in [0.25, 0.3) is 0 Å². The molecule has 2 amide bonds. The molecule has 1 aliphatic carbocycles. The Morgan fingerprint density at radius 1 is 1.04 bits per heavy atom. The average Bonchev–Trinajstić information content (AvgIpc) is 3.49. The van der Waals surface area contributed by atoms with Gasteiger partial charge in [-0.15, -0.1) is 0 Å². The Morgan fingerprint density at radius 2 is 1.70 bits per heavy atom. The van der Waals surface area contributed by atoms with Crippen molar-refractivity contribution in [3.05, 3.63) is 59.7 Å². The van der Waals surface area contributed by atoms with Crippen molar-refractivity contribution in [2.75, 3.05) is 12.4 Å². The highest BCUT2D eigenvalue weighted by Crippen LogP contribution is 2.47. The van der Waals surface area contributed by atoms with E-state index in [1.54, 1.807) is 7.11 Å². The van der Waals surface area contributed by atoms with Crippen molar-refractivity contribution in [2.24, 2.45) is 5.41 Å². The Bertz CT molecular complexity index is 824. The maximum absolute atomic E-state index is 12.8. The first-order chi connectivity index (χ1) is 13.0. The summed E-state index contributed by atoms with van der Waals surface area (Å²) in [5, 5.41) is 5.88. The van der Waals surface area contributed by atoms with Crippen molar-refractivity contribution in [1.29, 1.82) is 0 Å². The molecule has 0 atom stereocenters. The molecule has 142 valence electrons. The molecule has 2 N–H and O–H groups in total. The normalized spacial score (nSPS) is 14.5. The van der Waals surface area contributed by atoms with Gasteiger partial charge >= 0.3 is 0 Å². The second-order valence-electron chi connectivity index (χ2n) is 7.31. The lowest BCUT2D eigenvalue weighted by Crippen LogP contribution is -2.39. The first kappa shape index (κ1) is 19.0. The Hall–Kier alpha value is -2.82. The van der Waals surface area contributed by atoms with Crippen molar-refractivity contribution in [3.8, 4) is 5.75 Å². The number of nitrogens with one attached hydrogen (secondary N) is 2. The third-order valence-corrected chi connectivity index (χ3v) is 5.06. The SMILES string of the molecule is COc1ccc(CNC(=O)C2(C(=O)Nc3ccccc3C(C)C)CC2)cc1. The summed E-state index contributed by atoms with van der Waals surface area (Å²) in [5.41, 5.74) is 1.87. The Morgan fingerprint density at radius 3 is 2.30 bits per heavy atom. The van der Waals surface area contributed by atoms with Crippen molar-refractivity contribution in [1.82, 2.24) is 5.32 Å². The molecule has 0 radical (unpaired) electrons. The molecule has 0 heterocycles. The molecular formula is C22H26N2O3.